The fourth-order valence-corrected chi connectivity index (χ4v) is 2.70. The molecule has 28 heavy (non-hydrogen) atoms. The minimum atomic E-state index is -5.94. The highest BCUT2D eigenvalue weighted by Gasteiger charge is 2.71. The van der Waals surface area contributed by atoms with Crippen LogP contribution in [0.25, 0.3) is 16.3 Å². The summed E-state index contributed by atoms with van der Waals surface area (Å²) in [5.74, 6) is 0. The van der Waals surface area contributed by atoms with Gasteiger partial charge in [-0.05, 0) is 54.8 Å². The highest BCUT2D eigenvalue weighted by atomic mass is 19.4. The summed E-state index contributed by atoms with van der Waals surface area (Å²) < 4.78 is 82.4. The number of fused-ring (bicyclic) bond motifs is 1. The van der Waals surface area contributed by atoms with Gasteiger partial charge in [-0.15, -0.1) is 0 Å². The maximum atomic E-state index is 12.9. The summed E-state index contributed by atoms with van der Waals surface area (Å²) in [5.41, 5.74) is -4.78. The van der Waals surface area contributed by atoms with Crippen molar-refractivity contribution in [2.75, 3.05) is 6.61 Å². The van der Waals surface area contributed by atoms with Gasteiger partial charge >= 0.3 is 12.4 Å². The summed E-state index contributed by atoms with van der Waals surface area (Å²) in [7, 11) is 0. The average molecular weight is 406 g/mol. The van der Waals surface area contributed by atoms with Crippen LogP contribution in [0.1, 0.15) is 31.9 Å². The predicted molar refractivity (Wildman–Crippen MR) is 94.7 cm³/mol. The zero-order valence-electron chi connectivity index (χ0n) is 15.5. The number of aliphatic hydroxyl groups is 1. The molecule has 0 saturated heterocycles. The monoisotopic (exact) mass is 406 g/mol. The largest absolute Gasteiger partial charge is 0.428 e. The summed E-state index contributed by atoms with van der Waals surface area (Å²) in [6.07, 6.45) is -11.9. The molecule has 1 N–H and O–H groups in total. The Bertz CT molecular complexity index is 866. The van der Waals surface area contributed by atoms with E-state index < -0.39 is 30.2 Å². The van der Waals surface area contributed by atoms with Crippen LogP contribution in [-0.4, -0.2) is 29.7 Å². The quantitative estimate of drug-likeness (QED) is 0.619. The van der Waals surface area contributed by atoms with Crippen molar-refractivity contribution in [3.8, 4) is 0 Å². The van der Waals surface area contributed by atoms with E-state index in [4.69, 9.17) is 4.74 Å². The van der Waals surface area contributed by atoms with Gasteiger partial charge in [0.05, 0.1) is 12.2 Å². The summed E-state index contributed by atoms with van der Waals surface area (Å²) >= 11 is 0. The lowest BCUT2D eigenvalue weighted by Gasteiger charge is -2.36. The fourth-order valence-electron chi connectivity index (χ4n) is 2.70. The first-order chi connectivity index (χ1) is 12.6. The molecule has 2 aromatic carbocycles. The second kappa shape index (κ2) is 7.08. The van der Waals surface area contributed by atoms with Crippen molar-refractivity contribution in [1.82, 2.24) is 0 Å². The Balaban J connectivity index is 2.46. The molecule has 2 aromatic rings. The molecule has 0 aliphatic heterocycles. The van der Waals surface area contributed by atoms with E-state index in [0.717, 1.165) is 10.8 Å². The van der Waals surface area contributed by atoms with Gasteiger partial charge in [-0.1, -0.05) is 36.4 Å². The van der Waals surface area contributed by atoms with E-state index in [1.54, 1.807) is 31.2 Å². The standard InChI is InChI=1S/C20H20F6O2/c1-12(2)16-10-14(9-13-7-5-6-8-15(13)16)17(3,4)28-11-18(27,19(21,22)23)20(24,25)26/h5-10,27H,1,11H2,2-4H3. The molecule has 0 aromatic heterocycles. The van der Waals surface area contributed by atoms with E-state index in [-0.39, 0.29) is 0 Å². The molecule has 0 unspecified atom stereocenters. The van der Waals surface area contributed by atoms with Gasteiger partial charge in [0.1, 0.15) is 0 Å². The Morgan fingerprint density at radius 1 is 1.00 bits per heavy atom. The van der Waals surface area contributed by atoms with Crippen molar-refractivity contribution in [1.29, 1.82) is 0 Å². The maximum absolute atomic E-state index is 12.9. The fraction of sp³-hybridized carbons (Fsp3) is 0.400. The van der Waals surface area contributed by atoms with Crippen LogP contribution in [0.5, 0.6) is 0 Å². The molecule has 0 saturated carbocycles. The van der Waals surface area contributed by atoms with E-state index in [9.17, 15) is 31.4 Å². The third-order valence-corrected chi connectivity index (χ3v) is 4.60. The Morgan fingerprint density at radius 2 is 1.54 bits per heavy atom. The Morgan fingerprint density at radius 3 is 2.04 bits per heavy atom. The number of ether oxygens (including phenoxy) is 1. The number of hydrogen-bond acceptors (Lipinski definition) is 2. The average Bonchev–Trinajstić information content (AvgIpc) is 2.56. The second-order valence-electron chi connectivity index (χ2n) is 7.18. The van der Waals surface area contributed by atoms with Crippen LogP contribution in [-0.2, 0) is 10.3 Å². The first kappa shape index (κ1) is 22.2. The lowest BCUT2D eigenvalue weighted by molar-refractivity contribution is -0.382. The molecule has 0 radical (unpaired) electrons. The highest BCUT2D eigenvalue weighted by Crippen LogP contribution is 2.44. The zero-order valence-corrected chi connectivity index (χ0v) is 15.5. The van der Waals surface area contributed by atoms with Crippen LogP contribution >= 0.6 is 0 Å². The maximum Gasteiger partial charge on any atom is 0.428 e. The topological polar surface area (TPSA) is 29.5 Å². The smallest absolute Gasteiger partial charge is 0.372 e. The van der Waals surface area contributed by atoms with E-state index in [2.05, 4.69) is 6.58 Å². The van der Waals surface area contributed by atoms with Crippen LogP contribution in [0.3, 0.4) is 0 Å². The van der Waals surface area contributed by atoms with Crippen molar-refractivity contribution in [2.24, 2.45) is 0 Å². The molecule has 0 heterocycles. The molecular formula is C20H20F6O2. The van der Waals surface area contributed by atoms with Crippen LogP contribution in [0.4, 0.5) is 26.3 Å². The lowest BCUT2D eigenvalue weighted by atomic mass is 9.90. The highest BCUT2D eigenvalue weighted by molar-refractivity contribution is 5.93. The van der Waals surface area contributed by atoms with E-state index in [1.807, 2.05) is 12.1 Å². The number of hydrogen-bond donors (Lipinski definition) is 1. The molecule has 0 aliphatic carbocycles. The summed E-state index contributed by atoms with van der Waals surface area (Å²) in [6.45, 7) is 6.31. The molecule has 0 aliphatic rings. The molecular weight excluding hydrogens is 386 g/mol. The first-order valence-corrected chi connectivity index (χ1v) is 8.29. The SMILES string of the molecule is C=C(C)c1cc(C(C)(C)OCC(O)(C(F)(F)F)C(F)(F)F)cc2ccccc12. The van der Waals surface area contributed by atoms with Crippen molar-refractivity contribution < 1.29 is 36.2 Å². The second-order valence-corrected chi connectivity index (χ2v) is 7.18. The molecule has 2 nitrogen and oxygen atoms in total. The molecule has 154 valence electrons. The molecule has 0 fully saturated rings. The van der Waals surface area contributed by atoms with Gasteiger partial charge < -0.3 is 9.84 Å². The lowest BCUT2D eigenvalue weighted by Crippen LogP contribution is -2.60. The third-order valence-electron chi connectivity index (χ3n) is 4.60. The number of benzene rings is 2. The Hall–Kier alpha value is -2.06. The van der Waals surface area contributed by atoms with Gasteiger partial charge in [-0.3, -0.25) is 0 Å². The third kappa shape index (κ3) is 4.03. The van der Waals surface area contributed by atoms with Crippen LogP contribution < -0.4 is 0 Å². The molecule has 8 heteroatoms. The number of rotatable bonds is 5. The van der Waals surface area contributed by atoms with E-state index in [0.29, 0.717) is 16.7 Å². The van der Waals surface area contributed by atoms with Crippen LogP contribution in [0.2, 0.25) is 0 Å². The zero-order chi connectivity index (χ0) is 21.5. The van der Waals surface area contributed by atoms with Gasteiger partial charge in [-0.25, -0.2) is 0 Å². The van der Waals surface area contributed by atoms with Crippen molar-refractivity contribution >= 4 is 16.3 Å². The molecule has 0 atom stereocenters. The minimum Gasteiger partial charge on any atom is -0.372 e. The van der Waals surface area contributed by atoms with Gasteiger partial charge in [0.15, 0.2) is 0 Å². The van der Waals surface area contributed by atoms with Crippen molar-refractivity contribution in [2.45, 2.75) is 44.3 Å². The number of allylic oxidation sites excluding steroid dienone is 1. The Labute approximate surface area is 158 Å². The van der Waals surface area contributed by atoms with Crippen molar-refractivity contribution in [3.63, 3.8) is 0 Å². The van der Waals surface area contributed by atoms with E-state index in [1.165, 1.54) is 13.8 Å². The minimum absolute atomic E-state index is 0.357. The van der Waals surface area contributed by atoms with Gasteiger partial charge in [-0.2, -0.15) is 26.3 Å². The number of halogens is 6. The molecule has 0 bridgehead atoms. The van der Waals surface area contributed by atoms with Gasteiger partial charge in [0.2, 0.25) is 0 Å². The summed E-state index contributed by atoms with van der Waals surface area (Å²) in [6, 6.07) is 10.4. The van der Waals surface area contributed by atoms with Gasteiger partial charge in [0.25, 0.3) is 5.60 Å². The summed E-state index contributed by atoms with van der Waals surface area (Å²) in [5, 5.41) is 10.9. The normalized spacial score (nSPS) is 13.8. The van der Waals surface area contributed by atoms with E-state index >= 15 is 0 Å². The first-order valence-electron chi connectivity index (χ1n) is 8.29. The van der Waals surface area contributed by atoms with Crippen LogP contribution in [0, 0.1) is 0 Å². The van der Waals surface area contributed by atoms with Crippen LogP contribution in [0.15, 0.2) is 43.0 Å². The molecule has 2 rings (SSSR count). The Kier molecular flexibility index (Phi) is 5.62. The molecule has 0 amide bonds. The number of alkyl halides is 6. The van der Waals surface area contributed by atoms with Gasteiger partial charge in [0, 0.05) is 0 Å². The molecule has 0 spiro atoms. The van der Waals surface area contributed by atoms with Crippen molar-refractivity contribution in [3.05, 3.63) is 54.1 Å². The predicted octanol–water partition coefficient (Wildman–Crippen LogP) is 5.98. The summed E-state index contributed by atoms with van der Waals surface area (Å²) in [4.78, 5) is 0.